The topological polar surface area (TPSA) is 40.6 Å². The first-order valence-corrected chi connectivity index (χ1v) is 9.30. The van der Waals surface area contributed by atoms with Gasteiger partial charge < -0.3 is 9.80 Å². The molecule has 2 aliphatic rings. The van der Waals surface area contributed by atoms with Crippen LogP contribution in [0, 0.1) is 5.92 Å². The molecule has 0 aromatic heterocycles. The predicted octanol–water partition coefficient (Wildman–Crippen LogP) is 3.40. The van der Waals surface area contributed by atoms with Gasteiger partial charge in [-0.1, -0.05) is 29.3 Å². The summed E-state index contributed by atoms with van der Waals surface area (Å²) in [6.45, 7) is 2.79. The third kappa shape index (κ3) is 4.04. The number of hydrogen-bond donors (Lipinski definition) is 0. The summed E-state index contributed by atoms with van der Waals surface area (Å²) >= 11 is 12.1. The van der Waals surface area contributed by atoms with Crippen LogP contribution in [0.5, 0.6) is 0 Å². The summed E-state index contributed by atoms with van der Waals surface area (Å²) in [6, 6.07) is 5.41. The van der Waals surface area contributed by atoms with Crippen LogP contribution in [0.1, 0.15) is 31.2 Å². The lowest BCUT2D eigenvalue weighted by molar-refractivity contribution is -0.136. The van der Waals surface area contributed by atoms with E-state index in [1.54, 1.807) is 17.0 Å². The number of likely N-dealkylation sites (tertiary alicyclic amines) is 2. The molecule has 4 nitrogen and oxygen atoms in total. The lowest BCUT2D eigenvalue weighted by Gasteiger charge is -2.29. The summed E-state index contributed by atoms with van der Waals surface area (Å²) in [5, 5.41) is 1.23. The van der Waals surface area contributed by atoms with E-state index in [0.717, 1.165) is 31.5 Å². The summed E-state index contributed by atoms with van der Waals surface area (Å²) in [4.78, 5) is 28.5. The Balaban J connectivity index is 1.55. The molecule has 0 spiro atoms. The standard InChI is InChI=1S/C18H22Cl2N2O2/c19-15-5-4-13(16(20)11-15)6-9-22-12-14(10-17(22)23)18(24)21-7-2-1-3-8-21/h4-5,11,14H,1-3,6-10,12H2. The Hall–Kier alpha value is -1.26. The van der Waals surface area contributed by atoms with E-state index in [0.29, 0.717) is 36.0 Å². The Bertz CT molecular complexity index is 629. The summed E-state index contributed by atoms with van der Waals surface area (Å²) < 4.78 is 0. The van der Waals surface area contributed by atoms with Gasteiger partial charge in [-0.05, 0) is 43.4 Å². The number of hydrogen-bond acceptors (Lipinski definition) is 2. The Kier molecular flexibility index (Phi) is 5.67. The maximum absolute atomic E-state index is 12.6. The van der Waals surface area contributed by atoms with Crippen molar-refractivity contribution in [2.24, 2.45) is 5.92 Å². The van der Waals surface area contributed by atoms with E-state index in [-0.39, 0.29) is 17.7 Å². The molecule has 2 heterocycles. The molecule has 1 aromatic carbocycles. The Morgan fingerprint density at radius 1 is 1.17 bits per heavy atom. The molecule has 2 saturated heterocycles. The maximum Gasteiger partial charge on any atom is 0.227 e. The van der Waals surface area contributed by atoms with Crippen molar-refractivity contribution in [1.29, 1.82) is 0 Å². The molecular weight excluding hydrogens is 347 g/mol. The Morgan fingerprint density at radius 3 is 2.62 bits per heavy atom. The highest BCUT2D eigenvalue weighted by Crippen LogP contribution is 2.25. The third-order valence-electron chi connectivity index (χ3n) is 4.90. The first kappa shape index (κ1) is 17.6. The van der Waals surface area contributed by atoms with Gasteiger partial charge in [0.2, 0.25) is 11.8 Å². The number of rotatable bonds is 4. The number of halogens is 2. The molecule has 2 fully saturated rings. The van der Waals surface area contributed by atoms with Gasteiger partial charge in [0.25, 0.3) is 0 Å². The van der Waals surface area contributed by atoms with Crippen LogP contribution in [-0.2, 0) is 16.0 Å². The second-order valence-electron chi connectivity index (χ2n) is 6.61. The van der Waals surface area contributed by atoms with E-state index in [2.05, 4.69) is 0 Å². The van der Waals surface area contributed by atoms with E-state index in [1.165, 1.54) is 6.42 Å². The first-order chi connectivity index (χ1) is 11.5. The highest BCUT2D eigenvalue weighted by molar-refractivity contribution is 6.35. The molecule has 0 radical (unpaired) electrons. The van der Waals surface area contributed by atoms with Crippen LogP contribution >= 0.6 is 23.2 Å². The number of nitrogens with zero attached hydrogens (tertiary/aromatic N) is 2. The van der Waals surface area contributed by atoms with E-state index in [4.69, 9.17) is 23.2 Å². The van der Waals surface area contributed by atoms with Crippen molar-refractivity contribution >= 4 is 35.0 Å². The quantitative estimate of drug-likeness (QED) is 0.816. The second kappa shape index (κ2) is 7.75. The van der Waals surface area contributed by atoms with Gasteiger partial charge >= 0.3 is 0 Å². The molecule has 24 heavy (non-hydrogen) atoms. The lowest BCUT2D eigenvalue weighted by atomic mass is 10.0. The lowest BCUT2D eigenvalue weighted by Crippen LogP contribution is -2.40. The molecule has 0 N–H and O–H groups in total. The van der Waals surface area contributed by atoms with Gasteiger partial charge in [-0.2, -0.15) is 0 Å². The van der Waals surface area contributed by atoms with Crippen LogP contribution in [0.3, 0.4) is 0 Å². The minimum Gasteiger partial charge on any atom is -0.342 e. The fourth-order valence-electron chi connectivity index (χ4n) is 3.51. The molecule has 6 heteroatoms. The van der Waals surface area contributed by atoms with Crippen LogP contribution in [-0.4, -0.2) is 47.8 Å². The number of carbonyl (C=O) groups excluding carboxylic acids is 2. The molecule has 0 saturated carbocycles. The van der Waals surface area contributed by atoms with Crippen molar-refractivity contribution in [3.05, 3.63) is 33.8 Å². The zero-order chi connectivity index (χ0) is 17.1. The van der Waals surface area contributed by atoms with Crippen LogP contribution in [0.2, 0.25) is 10.0 Å². The molecule has 0 bridgehead atoms. The van der Waals surface area contributed by atoms with Gasteiger partial charge in [0, 0.05) is 42.6 Å². The van der Waals surface area contributed by atoms with Gasteiger partial charge in [-0.25, -0.2) is 0 Å². The minimum atomic E-state index is -0.184. The molecule has 1 aromatic rings. The van der Waals surface area contributed by atoms with Gasteiger partial charge in [0.1, 0.15) is 0 Å². The third-order valence-corrected chi connectivity index (χ3v) is 5.48. The summed E-state index contributed by atoms with van der Waals surface area (Å²) in [7, 11) is 0. The molecule has 3 rings (SSSR count). The van der Waals surface area contributed by atoms with Crippen LogP contribution in [0.15, 0.2) is 18.2 Å². The number of piperidine rings is 1. The molecule has 130 valence electrons. The van der Waals surface area contributed by atoms with E-state index in [9.17, 15) is 9.59 Å². The molecule has 2 amide bonds. The maximum atomic E-state index is 12.6. The molecule has 1 atom stereocenters. The normalized spacial score (nSPS) is 21.4. The SMILES string of the molecule is O=C1CC(C(=O)N2CCCCC2)CN1CCc1ccc(Cl)cc1Cl. The van der Waals surface area contributed by atoms with E-state index in [1.807, 2.05) is 11.0 Å². The number of amides is 2. The van der Waals surface area contributed by atoms with E-state index >= 15 is 0 Å². The number of benzene rings is 1. The molecule has 2 aliphatic heterocycles. The summed E-state index contributed by atoms with van der Waals surface area (Å²) in [6.07, 6.45) is 4.35. The zero-order valence-electron chi connectivity index (χ0n) is 13.6. The highest BCUT2D eigenvalue weighted by atomic mass is 35.5. The molecule has 1 unspecified atom stereocenters. The largest absolute Gasteiger partial charge is 0.342 e. The van der Waals surface area contributed by atoms with Crippen molar-refractivity contribution in [3.63, 3.8) is 0 Å². The van der Waals surface area contributed by atoms with Gasteiger partial charge in [-0.15, -0.1) is 0 Å². The van der Waals surface area contributed by atoms with Crippen molar-refractivity contribution < 1.29 is 9.59 Å². The number of carbonyl (C=O) groups is 2. The second-order valence-corrected chi connectivity index (χ2v) is 7.46. The summed E-state index contributed by atoms with van der Waals surface area (Å²) in [5.41, 5.74) is 0.972. The van der Waals surface area contributed by atoms with Crippen LogP contribution in [0.4, 0.5) is 0 Å². The zero-order valence-corrected chi connectivity index (χ0v) is 15.2. The predicted molar refractivity (Wildman–Crippen MR) is 95.3 cm³/mol. The minimum absolute atomic E-state index is 0.0652. The Labute approximate surface area is 152 Å². The highest BCUT2D eigenvalue weighted by Gasteiger charge is 2.36. The van der Waals surface area contributed by atoms with E-state index < -0.39 is 0 Å². The average molecular weight is 369 g/mol. The fourth-order valence-corrected chi connectivity index (χ4v) is 4.01. The van der Waals surface area contributed by atoms with Gasteiger partial charge in [-0.3, -0.25) is 9.59 Å². The van der Waals surface area contributed by atoms with Crippen LogP contribution in [0.25, 0.3) is 0 Å². The molecule has 0 aliphatic carbocycles. The fraction of sp³-hybridized carbons (Fsp3) is 0.556. The van der Waals surface area contributed by atoms with Crippen molar-refractivity contribution in [3.8, 4) is 0 Å². The van der Waals surface area contributed by atoms with Crippen LogP contribution < -0.4 is 0 Å². The van der Waals surface area contributed by atoms with Gasteiger partial charge in [0.05, 0.1) is 5.92 Å². The smallest absolute Gasteiger partial charge is 0.227 e. The van der Waals surface area contributed by atoms with Crippen molar-refractivity contribution in [2.75, 3.05) is 26.2 Å². The average Bonchev–Trinajstić information content (AvgIpc) is 2.95. The summed E-state index contributed by atoms with van der Waals surface area (Å²) in [5.74, 6) is 0.0295. The van der Waals surface area contributed by atoms with Crippen molar-refractivity contribution in [2.45, 2.75) is 32.1 Å². The van der Waals surface area contributed by atoms with Gasteiger partial charge in [0.15, 0.2) is 0 Å². The molecular formula is C18H22Cl2N2O2. The Morgan fingerprint density at radius 2 is 1.92 bits per heavy atom. The van der Waals surface area contributed by atoms with Crippen molar-refractivity contribution in [1.82, 2.24) is 9.80 Å². The monoisotopic (exact) mass is 368 g/mol. The first-order valence-electron chi connectivity index (χ1n) is 8.55.